The van der Waals surface area contributed by atoms with Crippen molar-refractivity contribution in [2.45, 2.75) is 32.2 Å². The summed E-state index contributed by atoms with van der Waals surface area (Å²) in [5, 5.41) is 0. The van der Waals surface area contributed by atoms with Crippen molar-refractivity contribution in [1.29, 1.82) is 0 Å². The molecule has 4 nitrogen and oxygen atoms in total. The first-order valence-electron chi connectivity index (χ1n) is 5.85. The third-order valence-electron chi connectivity index (χ3n) is 2.66. The van der Waals surface area contributed by atoms with Crippen molar-refractivity contribution in [2.24, 2.45) is 0 Å². The molecule has 0 radical (unpaired) electrons. The molecule has 0 saturated carbocycles. The zero-order chi connectivity index (χ0) is 12.3. The SMILES string of the molecule is CC1(C)OCC(CCOc2ccc(N)cc2)O1. The van der Waals surface area contributed by atoms with Gasteiger partial charge in [-0.05, 0) is 38.1 Å². The average molecular weight is 237 g/mol. The normalized spacial score (nSPS) is 22.6. The maximum Gasteiger partial charge on any atom is 0.163 e. The van der Waals surface area contributed by atoms with Crippen molar-refractivity contribution in [1.82, 2.24) is 0 Å². The molecule has 1 saturated heterocycles. The van der Waals surface area contributed by atoms with Crippen LogP contribution in [0, 0.1) is 0 Å². The van der Waals surface area contributed by atoms with Gasteiger partial charge in [-0.1, -0.05) is 0 Å². The van der Waals surface area contributed by atoms with Crippen LogP contribution in [0.5, 0.6) is 5.75 Å². The van der Waals surface area contributed by atoms with E-state index in [1.807, 2.05) is 38.1 Å². The Kier molecular flexibility index (Phi) is 3.54. The molecule has 1 heterocycles. The molecule has 1 aromatic rings. The highest BCUT2D eigenvalue weighted by molar-refractivity contribution is 5.41. The number of nitrogens with two attached hydrogens (primary N) is 1. The number of ether oxygens (including phenoxy) is 3. The van der Waals surface area contributed by atoms with Crippen LogP contribution < -0.4 is 10.5 Å². The van der Waals surface area contributed by atoms with E-state index in [2.05, 4.69) is 0 Å². The molecular formula is C13H19NO3. The summed E-state index contributed by atoms with van der Waals surface area (Å²) in [6, 6.07) is 7.39. The van der Waals surface area contributed by atoms with Crippen molar-refractivity contribution < 1.29 is 14.2 Å². The minimum Gasteiger partial charge on any atom is -0.493 e. The van der Waals surface area contributed by atoms with Gasteiger partial charge in [-0.2, -0.15) is 0 Å². The topological polar surface area (TPSA) is 53.7 Å². The minimum atomic E-state index is -0.453. The summed E-state index contributed by atoms with van der Waals surface area (Å²) in [5.41, 5.74) is 6.33. The van der Waals surface area contributed by atoms with E-state index in [1.165, 1.54) is 0 Å². The Balaban J connectivity index is 1.71. The van der Waals surface area contributed by atoms with Gasteiger partial charge in [-0.15, -0.1) is 0 Å². The number of nitrogen functional groups attached to an aromatic ring is 1. The zero-order valence-electron chi connectivity index (χ0n) is 10.3. The molecule has 1 aromatic carbocycles. The lowest BCUT2D eigenvalue weighted by Gasteiger charge is -2.17. The lowest BCUT2D eigenvalue weighted by atomic mass is 10.3. The standard InChI is InChI=1S/C13H19NO3/c1-13(2)16-9-12(17-13)7-8-15-11-5-3-10(14)4-6-11/h3-6,12H,7-9,14H2,1-2H3. The largest absolute Gasteiger partial charge is 0.493 e. The van der Waals surface area contributed by atoms with Gasteiger partial charge in [0.15, 0.2) is 5.79 Å². The van der Waals surface area contributed by atoms with Crippen molar-refractivity contribution in [3.63, 3.8) is 0 Å². The van der Waals surface area contributed by atoms with Crippen LogP contribution in [0.4, 0.5) is 5.69 Å². The molecule has 1 aliphatic heterocycles. The van der Waals surface area contributed by atoms with Crippen molar-refractivity contribution in [3.05, 3.63) is 24.3 Å². The fourth-order valence-corrected chi connectivity index (χ4v) is 1.78. The molecule has 1 unspecified atom stereocenters. The molecule has 0 aromatic heterocycles. The Bertz CT molecular complexity index is 361. The first kappa shape index (κ1) is 12.2. The fourth-order valence-electron chi connectivity index (χ4n) is 1.78. The van der Waals surface area contributed by atoms with Gasteiger partial charge in [0.05, 0.1) is 19.3 Å². The number of hydrogen-bond donors (Lipinski definition) is 1. The van der Waals surface area contributed by atoms with Crippen molar-refractivity contribution in [3.8, 4) is 5.75 Å². The van der Waals surface area contributed by atoms with E-state index in [4.69, 9.17) is 19.9 Å². The van der Waals surface area contributed by atoms with E-state index < -0.39 is 5.79 Å². The maximum absolute atomic E-state index is 5.68. The highest BCUT2D eigenvalue weighted by Crippen LogP contribution is 2.24. The van der Waals surface area contributed by atoms with E-state index in [0.29, 0.717) is 13.2 Å². The van der Waals surface area contributed by atoms with Crippen LogP contribution in [0.3, 0.4) is 0 Å². The predicted octanol–water partition coefficient (Wildman–Crippen LogP) is 2.19. The van der Waals surface area contributed by atoms with Gasteiger partial charge >= 0.3 is 0 Å². The summed E-state index contributed by atoms with van der Waals surface area (Å²) in [5.74, 6) is 0.378. The lowest BCUT2D eigenvalue weighted by molar-refractivity contribution is -0.139. The molecule has 0 amide bonds. The Hall–Kier alpha value is -1.26. The maximum atomic E-state index is 5.68. The molecule has 1 atom stereocenters. The molecule has 94 valence electrons. The number of hydrogen-bond acceptors (Lipinski definition) is 4. The monoisotopic (exact) mass is 237 g/mol. The first-order valence-corrected chi connectivity index (χ1v) is 5.85. The van der Waals surface area contributed by atoms with E-state index in [9.17, 15) is 0 Å². The Morgan fingerprint density at radius 2 is 2.06 bits per heavy atom. The summed E-state index contributed by atoms with van der Waals surface area (Å²) in [4.78, 5) is 0. The molecular weight excluding hydrogens is 218 g/mol. The third kappa shape index (κ3) is 3.61. The predicted molar refractivity (Wildman–Crippen MR) is 65.9 cm³/mol. The molecule has 4 heteroatoms. The number of rotatable bonds is 4. The Labute approximate surface area is 102 Å². The van der Waals surface area contributed by atoms with Crippen LogP contribution in [0.15, 0.2) is 24.3 Å². The summed E-state index contributed by atoms with van der Waals surface area (Å²) < 4.78 is 16.8. The molecule has 1 aliphatic rings. The van der Waals surface area contributed by atoms with Crippen LogP contribution in [0.2, 0.25) is 0 Å². The second-order valence-corrected chi connectivity index (χ2v) is 4.66. The lowest BCUT2D eigenvalue weighted by Crippen LogP contribution is -2.22. The van der Waals surface area contributed by atoms with Gasteiger partial charge in [-0.3, -0.25) is 0 Å². The quantitative estimate of drug-likeness (QED) is 0.815. The second-order valence-electron chi connectivity index (χ2n) is 4.66. The van der Waals surface area contributed by atoms with Crippen LogP contribution in [-0.2, 0) is 9.47 Å². The van der Waals surface area contributed by atoms with Crippen molar-refractivity contribution in [2.75, 3.05) is 18.9 Å². The third-order valence-corrected chi connectivity index (χ3v) is 2.66. The zero-order valence-corrected chi connectivity index (χ0v) is 10.3. The smallest absolute Gasteiger partial charge is 0.163 e. The molecule has 0 bridgehead atoms. The van der Waals surface area contributed by atoms with E-state index in [-0.39, 0.29) is 6.10 Å². The van der Waals surface area contributed by atoms with Crippen LogP contribution in [0.1, 0.15) is 20.3 Å². The highest BCUT2D eigenvalue weighted by Gasteiger charge is 2.32. The van der Waals surface area contributed by atoms with Gasteiger partial charge in [0.2, 0.25) is 0 Å². The average Bonchev–Trinajstić information content (AvgIpc) is 2.61. The molecule has 0 aliphatic carbocycles. The summed E-state index contributed by atoms with van der Waals surface area (Å²) >= 11 is 0. The summed E-state index contributed by atoms with van der Waals surface area (Å²) in [7, 11) is 0. The molecule has 17 heavy (non-hydrogen) atoms. The van der Waals surface area contributed by atoms with Crippen molar-refractivity contribution >= 4 is 5.69 Å². The van der Waals surface area contributed by atoms with E-state index in [0.717, 1.165) is 17.9 Å². The Morgan fingerprint density at radius 1 is 1.35 bits per heavy atom. The van der Waals surface area contributed by atoms with Gasteiger partial charge in [0.1, 0.15) is 5.75 Å². The van der Waals surface area contributed by atoms with E-state index in [1.54, 1.807) is 0 Å². The molecule has 1 fully saturated rings. The molecule has 2 N–H and O–H groups in total. The summed E-state index contributed by atoms with van der Waals surface area (Å²) in [6.07, 6.45) is 0.951. The number of benzene rings is 1. The van der Waals surface area contributed by atoms with Crippen LogP contribution in [-0.4, -0.2) is 25.1 Å². The Morgan fingerprint density at radius 3 is 2.65 bits per heavy atom. The van der Waals surface area contributed by atoms with E-state index >= 15 is 0 Å². The molecule has 0 spiro atoms. The van der Waals surface area contributed by atoms with Gasteiger partial charge < -0.3 is 19.9 Å². The highest BCUT2D eigenvalue weighted by atomic mass is 16.7. The second kappa shape index (κ2) is 4.94. The molecule has 2 rings (SSSR count). The fraction of sp³-hybridized carbons (Fsp3) is 0.538. The van der Waals surface area contributed by atoms with Crippen LogP contribution in [0.25, 0.3) is 0 Å². The van der Waals surface area contributed by atoms with Gasteiger partial charge in [0, 0.05) is 12.1 Å². The first-order chi connectivity index (χ1) is 8.05. The van der Waals surface area contributed by atoms with Gasteiger partial charge in [-0.25, -0.2) is 0 Å². The number of anilines is 1. The van der Waals surface area contributed by atoms with Crippen LogP contribution >= 0.6 is 0 Å². The van der Waals surface area contributed by atoms with Gasteiger partial charge in [0.25, 0.3) is 0 Å². The summed E-state index contributed by atoms with van der Waals surface area (Å²) in [6.45, 7) is 5.10. The minimum absolute atomic E-state index is 0.124.